The maximum Gasteiger partial charge on any atom is 0.253 e. The molecule has 1 amide bonds. The summed E-state index contributed by atoms with van der Waals surface area (Å²) in [5, 5.41) is 5.94. The first kappa shape index (κ1) is 22.2. The van der Waals surface area contributed by atoms with E-state index in [4.69, 9.17) is 10.5 Å². The highest BCUT2D eigenvalue weighted by molar-refractivity contribution is 6.43. The molecule has 1 saturated heterocycles. The van der Waals surface area contributed by atoms with Gasteiger partial charge >= 0.3 is 0 Å². The summed E-state index contributed by atoms with van der Waals surface area (Å²) in [5.74, 6) is -0.185. The molecule has 7 nitrogen and oxygen atoms in total. The summed E-state index contributed by atoms with van der Waals surface area (Å²) in [4.78, 5) is 29.2. The monoisotopic (exact) mass is 420 g/mol. The van der Waals surface area contributed by atoms with Crippen molar-refractivity contribution >= 4 is 40.3 Å². The number of rotatable bonds is 6. The second kappa shape index (κ2) is 10.0. The van der Waals surface area contributed by atoms with E-state index in [0.29, 0.717) is 29.4 Å². The zero-order valence-electron chi connectivity index (χ0n) is 18.1. The van der Waals surface area contributed by atoms with E-state index in [1.54, 1.807) is 24.3 Å². The number of carbonyl (C=O) groups excluding carboxylic acids is 2. The fourth-order valence-electron chi connectivity index (χ4n) is 3.35. The van der Waals surface area contributed by atoms with Gasteiger partial charge in [-0.25, -0.2) is 4.99 Å². The highest BCUT2D eigenvalue weighted by Gasteiger charge is 2.23. The molecule has 0 aromatic heterocycles. The van der Waals surface area contributed by atoms with Gasteiger partial charge in [0.2, 0.25) is 0 Å². The summed E-state index contributed by atoms with van der Waals surface area (Å²) < 4.78 is 5.42. The standard InChI is InChI=1S/C24H28N4O3/c1-4-21(19-10-6-11-20(25)15(19)2)28-23(16(3)29)26-17-8-5-9-18(14-17)27-24(30)22-12-7-13-31-22/h4-6,8-11,14,22H,7,12-13,25H2,1-3H3,(H,26,28)(H,27,30)/b21-4-. The third-order valence-electron chi connectivity index (χ3n) is 5.11. The number of hydrogen-bond donors (Lipinski definition) is 3. The van der Waals surface area contributed by atoms with Crippen LogP contribution in [0.2, 0.25) is 0 Å². The van der Waals surface area contributed by atoms with Crippen LogP contribution in [0.5, 0.6) is 0 Å². The lowest BCUT2D eigenvalue weighted by Gasteiger charge is -2.14. The predicted molar refractivity (Wildman–Crippen MR) is 125 cm³/mol. The number of allylic oxidation sites excluding steroid dienone is 1. The number of anilines is 3. The molecule has 31 heavy (non-hydrogen) atoms. The van der Waals surface area contributed by atoms with Crippen molar-refractivity contribution in [2.45, 2.75) is 39.7 Å². The molecule has 2 aromatic rings. The van der Waals surface area contributed by atoms with Crippen molar-refractivity contribution in [1.29, 1.82) is 0 Å². The van der Waals surface area contributed by atoms with E-state index in [0.717, 1.165) is 24.0 Å². The summed E-state index contributed by atoms with van der Waals surface area (Å²) in [5.41, 5.74) is 10.4. The van der Waals surface area contributed by atoms with Crippen molar-refractivity contribution < 1.29 is 14.3 Å². The van der Waals surface area contributed by atoms with E-state index >= 15 is 0 Å². The Kier molecular flexibility index (Phi) is 7.20. The largest absolute Gasteiger partial charge is 0.398 e. The Hall–Kier alpha value is -3.45. The lowest BCUT2D eigenvalue weighted by molar-refractivity contribution is -0.124. The number of carbonyl (C=O) groups is 2. The van der Waals surface area contributed by atoms with Crippen LogP contribution in [0.4, 0.5) is 17.1 Å². The summed E-state index contributed by atoms with van der Waals surface area (Å²) >= 11 is 0. The second-order valence-corrected chi connectivity index (χ2v) is 7.41. The van der Waals surface area contributed by atoms with Gasteiger partial charge in [-0.15, -0.1) is 0 Å². The maximum absolute atomic E-state index is 12.3. The highest BCUT2D eigenvalue weighted by atomic mass is 16.5. The molecule has 1 unspecified atom stereocenters. The predicted octanol–water partition coefficient (Wildman–Crippen LogP) is 4.16. The number of amides is 1. The number of aliphatic imine (C=N–C) groups is 1. The molecule has 0 aliphatic carbocycles. The Labute approximate surface area is 182 Å². The molecule has 1 heterocycles. The van der Waals surface area contributed by atoms with E-state index in [2.05, 4.69) is 15.6 Å². The number of benzene rings is 2. The maximum atomic E-state index is 12.3. The fraction of sp³-hybridized carbons (Fsp3) is 0.292. The van der Waals surface area contributed by atoms with E-state index in [-0.39, 0.29) is 17.5 Å². The van der Waals surface area contributed by atoms with Crippen molar-refractivity contribution in [3.63, 3.8) is 0 Å². The van der Waals surface area contributed by atoms with Gasteiger partial charge in [-0.05, 0) is 56.5 Å². The third kappa shape index (κ3) is 5.58. The minimum Gasteiger partial charge on any atom is -0.398 e. The van der Waals surface area contributed by atoms with E-state index in [1.165, 1.54) is 6.92 Å². The molecule has 0 radical (unpaired) electrons. The average molecular weight is 421 g/mol. The number of hydrogen-bond acceptors (Lipinski definition) is 5. The second-order valence-electron chi connectivity index (χ2n) is 7.41. The number of nitrogen functional groups attached to an aromatic ring is 1. The molecule has 1 aliphatic heterocycles. The van der Waals surface area contributed by atoms with Gasteiger partial charge in [0, 0.05) is 36.2 Å². The Morgan fingerprint density at radius 3 is 2.52 bits per heavy atom. The molecular formula is C24H28N4O3. The van der Waals surface area contributed by atoms with Crippen molar-refractivity contribution in [3.05, 3.63) is 59.7 Å². The number of nitrogens with one attached hydrogen (secondary N) is 2. The van der Waals surface area contributed by atoms with Crippen LogP contribution in [0.1, 0.15) is 37.8 Å². The van der Waals surface area contributed by atoms with Crippen LogP contribution in [0.15, 0.2) is 53.5 Å². The summed E-state index contributed by atoms with van der Waals surface area (Å²) in [7, 11) is 0. The topological polar surface area (TPSA) is 106 Å². The Morgan fingerprint density at radius 1 is 1.16 bits per heavy atom. The van der Waals surface area contributed by atoms with Crippen LogP contribution in [0.3, 0.4) is 0 Å². The van der Waals surface area contributed by atoms with E-state index in [1.807, 2.05) is 38.1 Å². The quantitative estimate of drug-likeness (QED) is 0.370. The fourth-order valence-corrected chi connectivity index (χ4v) is 3.35. The average Bonchev–Trinajstić information content (AvgIpc) is 3.29. The van der Waals surface area contributed by atoms with Crippen molar-refractivity contribution in [1.82, 2.24) is 0 Å². The summed E-state index contributed by atoms with van der Waals surface area (Å²) in [6.45, 7) is 5.84. The van der Waals surface area contributed by atoms with Crippen molar-refractivity contribution in [2.24, 2.45) is 4.99 Å². The molecule has 1 fully saturated rings. The Morgan fingerprint density at radius 2 is 1.87 bits per heavy atom. The molecule has 7 heteroatoms. The molecule has 0 bridgehead atoms. The van der Waals surface area contributed by atoms with Gasteiger partial charge in [0.1, 0.15) is 6.10 Å². The van der Waals surface area contributed by atoms with Crippen LogP contribution in [-0.2, 0) is 14.3 Å². The molecule has 2 aromatic carbocycles. The first-order valence-electron chi connectivity index (χ1n) is 10.3. The van der Waals surface area contributed by atoms with Gasteiger partial charge in [-0.3, -0.25) is 9.59 Å². The smallest absolute Gasteiger partial charge is 0.253 e. The normalized spacial score (nSPS) is 16.8. The molecule has 0 saturated carbocycles. The Balaban J connectivity index is 1.82. The van der Waals surface area contributed by atoms with E-state index in [9.17, 15) is 9.59 Å². The molecular weight excluding hydrogens is 392 g/mol. The van der Waals surface area contributed by atoms with Gasteiger partial charge in [-0.1, -0.05) is 24.3 Å². The number of Topliss-reactive ketones (excluding diaryl/α,β-unsaturated/α-hetero) is 1. The highest BCUT2D eigenvalue weighted by Crippen LogP contribution is 2.25. The Bertz CT molecular complexity index is 1040. The number of ether oxygens (including phenoxy) is 1. The molecule has 1 aliphatic rings. The third-order valence-corrected chi connectivity index (χ3v) is 5.11. The number of nitrogens with zero attached hydrogens (tertiary/aromatic N) is 1. The van der Waals surface area contributed by atoms with Crippen LogP contribution >= 0.6 is 0 Å². The number of amidine groups is 1. The molecule has 162 valence electrons. The summed E-state index contributed by atoms with van der Waals surface area (Å²) in [6.07, 6.45) is 3.04. The van der Waals surface area contributed by atoms with Crippen LogP contribution in [-0.4, -0.2) is 30.2 Å². The zero-order valence-corrected chi connectivity index (χ0v) is 18.1. The lowest BCUT2D eigenvalue weighted by Crippen LogP contribution is -2.27. The molecule has 4 N–H and O–H groups in total. The van der Waals surface area contributed by atoms with Gasteiger partial charge < -0.3 is 21.1 Å². The van der Waals surface area contributed by atoms with Crippen molar-refractivity contribution in [3.8, 4) is 0 Å². The van der Waals surface area contributed by atoms with Gasteiger partial charge in [0.05, 0.1) is 5.70 Å². The van der Waals surface area contributed by atoms with Crippen molar-refractivity contribution in [2.75, 3.05) is 23.0 Å². The van der Waals surface area contributed by atoms with Crippen LogP contribution < -0.4 is 16.4 Å². The molecule has 3 rings (SSSR count). The lowest BCUT2D eigenvalue weighted by atomic mass is 10.0. The van der Waals surface area contributed by atoms with Gasteiger partial charge in [0.15, 0.2) is 11.6 Å². The molecule has 0 spiro atoms. The number of ketones is 1. The molecule has 1 atom stereocenters. The first-order valence-corrected chi connectivity index (χ1v) is 10.3. The van der Waals surface area contributed by atoms with Gasteiger partial charge in [-0.2, -0.15) is 0 Å². The minimum absolute atomic E-state index is 0.163. The SMILES string of the molecule is C/C=C(\N=C(Nc1cccc(NC(=O)C2CCCO2)c1)C(C)=O)c1cccc(N)c1C. The summed E-state index contributed by atoms with van der Waals surface area (Å²) in [6, 6.07) is 12.8. The first-order chi connectivity index (χ1) is 14.9. The minimum atomic E-state index is -0.412. The van der Waals surface area contributed by atoms with E-state index < -0.39 is 6.10 Å². The number of nitrogens with two attached hydrogens (primary N) is 1. The zero-order chi connectivity index (χ0) is 22.4. The van der Waals surface area contributed by atoms with Crippen LogP contribution in [0.25, 0.3) is 5.70 Å². The van der Waals surface area contributed by atoms with Gasteiger partial charge in [0.25, 0.3) is 5.91 Å². The van der Waals surface area contributed by atoms with Crippen LogP contribution in [0, 0.1) is 6.92 Å².